The van der Waals surface area contributed by atoms with Crippen molar-refractivity contribution in [2.45, 2.75) is 70.1 Å². The molecular formula is C16H29NO7. The molecule has 0 aromatic rings. The third-order valence-corrected chi connectivity index (χ3v) is 4.09. The molecule has 0 amide bonds. The summed E-state index contributed by atoms with van der Waals surface area (Å²) in [4.78, 5) is 11.1. The van der Waals surface area contributed by atoms with Gasteiger partial charge < -0.3 is 35.6 Å². The SMILES string of the molecule is CC(C)CCC(C)N[C@H]1[C@H]([C@H](O)[C@H](O)CO)OC(C(=O)O)=C[C@@H]1O. The van der Waals surface area contributed by atoms with E-state index in [9.17, 15) is 20.1 Å². The largest absolute Gasteiger partial charge is 0.479 e. The number of aliphatic hydroxyl groups excluding tert-OH is 4. The van der Waals surface area contributed by atoms with Gasteiger partial charge in [0.25, 0.3) is 0 Å². The van der Waals surface area contributed by atoms with Crippen molar-refractivity contribution < 1.29 is 35.1 Å². The highest BCUT2D eigenvalue weighted by atomic mass is 16.5. The predicted molar refractivity (Wildman–Crippen MR) is 86.2 cm³/mol. The smallest absolute Gasteiger partial charge is 0.370 e. The second-order valence-corrected chi connectivity index (χ2v) is 6.71. The van der Waals surface area contributed by atoms with Gasteiger partial charge in [0.15, 0.2) is 0 Å². The Bertz CT molecular complexity index is 440. The predicted octanol–water partition coefficient (Wildman–Crippen LogP) is -0.788. The molecule has 0 saturated carbocycles. The van der Waals surface area contributed by atoms with Crippen LogP contribution in [-0.2, 0) is 9.53 Å². The molecule has 1 aliphatic heterocycles. The number of hydrogen-bond donors (Lipinski definition) is 6. The number of rotatable bonds is 9. The summed E-state index contributed by atoms with van der Waals surface area (Å²) in [7, 11) is 0. The normalized spacial score (nSPS) is 28.0. The third-order valence-electron chi connectivity index (χ3n) is 4.09. The molecule has 8 heteroatoms. The molecule has 0 aliphatic carbocycles. The van der Waals surface area contributed by atoms with E-state index in [-0.39, 0.29) is 6.04 Å². The first-order chi connectivity index (χ1) is 11.2. The van der Waals surface area contributed by atoms with E-state index in [2.05, 4.69) is 19.2 Å². The van der Waals surface area contributed by atoms with E-state index in [0.29, 0.717) is 5.92 Å². The lowest BCUT2D eigenvalue weighted by Gasteiger charge is -2.39. The second kappa shape index (κ2) is 9.33. The van der Waals surface area contributed by atoms with Crippen LogP contribution in [0.1, 0.15) is 33.6 Å². The molecule has 0 aromatic carbocycles. The standard InChI is InChI=1S/C16H29NO7/c1-8(2)4-5-9(3)17-13-10(19)6-12(16(22)23)24-15(13)14(21)11(20)7-18/h6,8-11,13-15,17-21H,4-5,7H2,1-3H3,(H,22,23)/t9?,10-,11+,13+,14+,15+/m0/s1. The summed E-state index contributed by atoms with van der Waals surface area (Å²) in [5.74, 6) is -1.36. The number of ether oxygens (including phenoxy) is 1. The Hall–Kier alpha value is -1.19. The summed E-state index contributed by atoms with van der Waals surface area (Å²) in [5.41, 5.74) is 0. The van der Waals surface area contributed by atoms with Crippen molar-refractivity contribution in [1.29, 1.82) is 0 Å². The summed E-state index contributed by atoms with van der Waals surface area (Å²) in [5, 5.41) is 51.3. The van der Waals surface area contributed by atoms with Crippen LogP contribution in [0.3, 0.4) is 0 Å². The number of hydrogen-bond acceptors (Lipinski definition) is 7. The molecule has 0 bridgehead atoms. The quantitative estimate of drug-likeness (QED) is 0.319. The highest BCUT2D eigenvalue weighted by Crippen LogP contribution is 2.23. The zero-order valence-electron chi connectivity index (χ0n) is 14.3. The lowest BCUT2D eigenvalue weighted by atomic mass is 9.92. The van der Waals surface area contributed by atoms with Crippen molar-refractivity contribution in [3.05, 3.63) is 11.8 Å². The van der Waals surface area contributed by atoms with Gasteiger partial charge in [-0.1, -0.05) is 13.8 Å². The second-order valence-electron chi connectivity index (χ2n) is 6.71. The van der Waals surface area contributed by atoms with Crippen LogP contribution in [0.15, 0.2) is 11.8 Å². The molecule has 0 fully saturated rings. The van der Waals surface area contributed by atoms with Crippen LogP contribution in [-0.4, -0.2) is 74.6 Å². The molecule has 0 spiro atoms. The zero-order valence-corrected chi connectivity index (χ0v) is 14.3. The first-order valence-electron chi connectivity index (χ1n) is 8.20. The highest BCUT2D eigenvalue weighted by Gasteiger charge is 2.42. The minimum Gasteiger partial charge on any atom is -0.479 e. The maximum Gasteiger partial charge on any atom is 0.370 e. The summed E-state index contributed by atoms with van der Waals surface area (Å²) in [6.07, 6.45) is -2.64. The van der Waals surface area contributed by atoms with E-state index in [1.54, 1.807) is 0 Å². The van der Waals surface area contributed by atoms with Gasteiger partial charge in [-0.3, -0.25) is 0 Å². The van der Waals surface area contributed by atoms with E-state index in [4.69, 9.17) is 14.9 Å². The van der Waals surface area contributed by atoms with Gasteiger partial charge in [-0.15, -0.1) is 0 Å². The fourth-order valence-corrected chi connectivity index (χ4v) is 2.63. The van der Waals surface area contributed by atoms with E-state index in [0.717, 1.165) is 18.9 Å². The summed E-state index contributed by atoms with van der Waals surface area (Å²) in [6, 6.07) is -0.831. The molecule has 1 aliphatic rings. The topological polar surface area (TPSA) is 139 Å². The van der Waals surface area contributed by atoms with Gasteiger partial charge >= 0.3 is 5.97 Å². The number of aliphatic hydroxyl groups is 4. The molecular weight excluding hydrogens is 318 g/mol. The van der Waals surface area contributed by atoms with Gasteiger partial charge in [-0.05, 0) is 31.8 Å². The van der Waals surface area contributed by atoms with Gasteiger partial charge in [0.2, 0.25) is 5.76 Å². The summed E-state index contributed by atoms with van der Waals surface area (Å²) in [6.45, 7) is 5.39. The van der Waals surface area contributed by atoms with E-state index < -0.39 is 48.8 Å². The van der Waals surface area contributed by atoms with Crippen molar-refractivity contribution in [3.8, 4) is 0 Å². The van der Waals surface area contributed by atoms with E-state index >= 15 is 0 Å². The van der Waals surface area contributed by atoms with Crippen LogP contribution in [0, 0.1) is 5.92 Å². The molecule has 1 heterocycles. The average molecular weight is 347 g/mol. The summed E-state index contributed by atoms with van der Waals surface area (Å²) < 4.78 is 5.26. The Balaban J connectivity index is 2.91. The van der Waals surface area contributed by atoms with Gasteiger partial charge in [-0.2, -0.15) is 0 Å². The Morgan fingerprint density at radius 1 is 1.29 bits per heavy atom. The first kappa shape index (κ1) is 20.9. The van der Waals surface area contributed by atoms with Crippen LogP contribution >= 0.6 is 0 Å². The molecule has 1 rings (SSSR count). The number of carboxylic acids is 1. The molecule has 0 radical (unpaired) electrons. The third kappa shape index (κ3) is 5.71. The van der Waals surface area contributed by atoms with Gasteiger partial charge in [0.1, 0.15) is 18.3 Å². The lowest BCUT2D eigenvalue weighted by Crippen LogP contribution is -2.60. The first-order valence-corrected chi connectivity index (χ1v) is 8.20. The monoisotopic (exact) mass is 347 g/mol. The zero-order chi connectivity index (χ0) is 18.4. The molecule has 1 unspecified atom stereocenters. The number of carbonyl (C=O) groups is 1. The maximum atomic E-state index is 11.1. The van der Waals surface area contributed by atoms with E-state index in [1.165, 1.54) is 0 Å². The van der Waals surface area contributed by atoms with Crippen molar-refractivity contribution in [1.82, 2.24) is 5.32 Å². The van der Waals surface area contributed by atoms with E-state index in [1.807, 2.05) is 6.92 Å². The Labute approximate surface area is 141 Å². The number of carboxylic acid groups (broad SMARTS) is 1. The molecule has 0 saturated heterocycles. The van der Waals surface area contributed by atoms with Crippen molar-refractivity contribution >= 4 is 5.97 Å². The van der Waals surface area contributed by atoms with Crippen LogP contribution in [0.4, 0.5) is 0 Å². The fraction of sp³-hybridized carbons (Fsp3) is 0.812. The lowest BCUT2D eigenvalue weighted by molar-refractivity contribution is -0.148. The molecule has 24 heavy (non-hydrogen) atoms. The average Bonchev–Trinajstić information content (AvgIpc) is 2.52. The minimum atomic E-state index is -1.55. The van der Waals surface area contributed by atoms with Crippen molar-refractivity contribution in [2.75, 3.05) is 6.61 Å². The Morgan fingerprint density at radius 2 is 1.92 bits per heavy atom. The maximum absolute atomic E-state index is 11.1. The van der Waals surface area contributed by atoms with Crippen LogP contribution < -0.4 is 5.32 Å². The Morgan fingerprint density at radius 3 is 2.42 bits per heavy atom. The highest BCUT2D eigenvalue weighted by molar-refractivity contribution is 5.84. The van der Waals surface area contributed by atoms with Crippen LogP contribution in [0.25, 0.3) is 0 Å². The number of aliphatic carboxylic acids is 1. The molecule has 0 aromatic heterocycles. The van der Waals surface area contributed by atoms with Crippen LogP contribution in [0.5, 0.6) is 0 Å². The van der Waals surface area contributed by atoms with Gasteiger partial charge in [0, 0.05) is 6.04 Å². The molecule has 140 valence electrons. The van der Waals surface area contributed by atoms with Gasteiger partial charge in [0.05, 0.1) is 18.8 Å². The molecule has 8 nitrogen and oxygen atoms in total. The molecule has 6 N–H and O–H groups in total. The van der Waals surface area contributed by atoms with Crippen LogP contribution in [0.2, 0.25) is 0 Å². The minimum absolute atomic E-state index is 0.0172. The van der Waals surface area contributed by atoms with Crippen molar-refractivity contribution in [3.63, 3.8) is 0 Å². The van der Waals surface area contributed by atoms with Gasteiger partial charge in [-0.25, -0.2) is 4.79 Å². The fourth-order valence-electron chi connectivity index (χ4n) is 2.63. The number of nitrogens with one attached hydrogen (secondary N) is 1. The summed E-state index contributed by atoms with van der Waals surface area (Å²) >= 11 is 0. The molecule has 6 atom stereocenters. The Kier molecular flexibility index (Phi) is 8.11. The van der Waals surface area contributed by atoms with Crippen molar-refractivity contribution in [2.24, 2.45) is 5.92 Å².